The fraction of sp³-hybridized carbons (Fsp3) is 0.286. The Morgan fingerprint density at radius 2 is 2.21 bits per heavy atom. The second-order valence-electron chi connectivity index (χ2n) is 4.60. The summed E-state index contributed by atoms with van der Waals surface area (Å²) in [4.78, 5) is 1.19. The lowest BCUT2D eigenvalue weighted by atomic mass is 10.0. The van der Waals surface area contributed by atoms with Gasteiger partial charge in [0.1, 0.15) is 5.75 Å². The highest BCUT2D eigenvalue weighted by Crippen LogP contribution is 2.36. The molecule has 3 rings (SSSR count). The highest BCUT2D eigenvalue weighted by Gasteiger charge is 2.20. The number of thiophene rings is 1. The maximum Gasteiger partial charge on any atom is 0.125 e. The van der Waals surface area contributed by atoms with Gasteiger partial charge in [0.25, 0.3) is 0 Å². The Morgan fingerprint density at radius 1 is 1.37 bits per heavy atom. The van der Waals surface area contributed by atoms with E-state index in [-0.39, 0.29) is 6.04 Å². The molecule has 0 fully saturated rings. The van der Waals surface area contributed by atoms with Gasteiger partial charge >= 0.3 is 0 Å². The standard InChI is InChI=1S/C14H13Br2NOS/c15-10-5-8-1-3-18-13(8)9(6-10)7-12(17)14-11(16)2-4-19-14/h2,4-6,12H,1,3,7,17H2. The Labute approximate surface area is 133 Å². The minimum atomic E-state index is -0.00280. The molecule has 2 N–H and O–H groups in total. The molecule has 5 heteroatoms. The van der Waals surface area contributed by atoms with Crippen LogP contribution in [-0.4, -0.2) is 6.61 Å². The van der Waals surface area contributed by atoms with E-state index in [1.165, 1.54) is 16.0 Å². The van der Waals surface area contributed by atoms with E-state index >= 15 is 0 Å². The van der Waals surface area contributed by atoms with Crippen LogP contribution in [0.3, 0.4) is 0 Å². The van der Waals surface area contributed by atoms with Crippen LogP contribution in [0.15, 0.2) is 32.5 Å². The molecule has 1 aliphatic rings. The molecule has 0 saturated heterocycles. The van der Waals surface area contributed by atoms with Crippen molar-refractivity contribution in [3.8, 4) is 5.75 Å². The first-order valence-corrected chi connectivity index (χ1v) is 8.54. The molecule has 2 heterocycles. The molecule has 1 aromatic heterocycles. The van der Waals surface area contributed by atoms with Crippen molar-refractivity contribution in [2.24, 2.45) is 5.73 Å². The van der Waals surface area contributed by atoms with Crippen molar-refractivity contribution in [1.82, 2.24) is 0 Å². The predicted molar refractivity (Wildman–Crippen MR) is 86.0 cm³/mol. The van der Waals surface area contributed by atoms with Crippen LogP contribution >= 0.6 is 43.2 Å². The molecule has 19 heavy (non-hydrogen) atoms. The number of fused-ring (bicyclic) bond motifs is 1. The fourth-order valence-electron chi connectivity index (χ4n) is 2.40. The number of hydrogen-bond acceptors (Lipinski definition) is 3. The first-order valence-electron chi connectivity index (χ1n) is 6.07. The van der Waals surface area contributed by atoms with Crippen LogP contribution < -0.4 is 10.5 Å². The molecular formula is C14H13Br2NOS. The van der Waals surface area contributed by atoms with E-state index in [2.05, 4.69) is 49.4 Å². The van der Waals surface area contributed by atoms with E-state index in [0.29, 0.717) is 0 Å². The summed E-state index contributed by atoms with van der Waals surface area (Å²) in [5.41, 5.74) is 8.79. The van der Waals surface area contributed by atoms with Crippen molar-refractivity contribution in [1.29, 1.82) is 0 Å². The van der Waals surface area contributed by atoms with Crippen molar-refractivity contribution < 1.29 is 4.74 Å². The lowest BCUT2D eigenvalue weighted by molar-refractivity contribution is 0.352. The van der Waals surface area contributed by atoms with Gasteiger partial charge in [-0.2, -0.15) is 0 Å². The summed E-state index contributed by atoms with van der Waals surface area (Å²) < 4.78 is 7.94. The zero-order chi connectivity index (χ0) is 13.4. The summed E-state index contributed by atoms with van der Waals surface area (Å²) in [7, 11) is 0. The summed E-state index contributed by atoms with van der Waals surface area (Å²) in [5, 5.41) is 2.06. The summed E-state index contributed by atoms with van der Waals surface area (Å²) >= 11 is 8.80. The Balaban J connectivity index is 1.90. The van der Waals surface area contributed by atoms with Crippen molar-refractivity contribution in [3.63, 3.8) is 0 Å². The van der Waals surface area contributed by atoms with E-state index in [4.69, 9.17) is 10.5 Å². The van der Waals surface area contributed by atoms with E-state index in [0.717, 1.165) is 34.1 Å². The van der Waals surface area contributed by atoms with E-state index in [9.17, 15) is 0 Å². The fourth-order valence-corrected chi connectivity index (χ4v) is 4.62. The maximum atomic E-state index is 6.33. The molecule has 0 saturated carbocycles. The topological polar surface area (TPSA) is 35.2 Å². The van der Waals surface area contributed by atoms with Gasteiger partial charge in [0.2, 0.25) is 0 Å². The molecule has 0 amide bonds. The molecule has 0 radical (unpaired) electrons. The zero-order valence-corrected chi connectivity index (χ0v) is 14.1. The summed E-state index contributed by atoms with van der Waals surface area (Å²) in [5.74, 6) is 1.03. The number of rotatable bonds is 3. The third kappa shape index (κ3) is 2.75. The van der Waals surface area contributed by atoms with Gasteiger partial charge in [0, 0.05) is 26.3 Å². The van der Waals surface area contributed by atoms with E-state index < -0.39 is 0 Å². The molecule has 1 unspecified atom stereocenters. The van der Waals surface area contributed by atoms with Crippen LogP contribution in [0.1, 0.15) is 22.0 Å². The summed E-state index contributed by atoms with van der Waals surface area (Å²) in [6.45, 7) is 0.775. The highest BCUT2D eigenvalue weighted by molar-refractivity contribution is 9.10. The number of halogens is 2. The monoisotopic (exact) mass is 401 g/mol. The summed E-state index contributed by atoms with van der Waals surface area (Å²) in [6, 6.07) is 6.29. The first kappa shape index (κ1) is 13.6. The van der Waals surface area contributed by atoms with Gasteiger partial charge in [-0.05, 0) is 57.1 Å². The molecule has 100 valence electrons. The van der Waals surface area contributed by atoms with Crippen LogP contribution in [0.25, 0.3) is 0 Å². The number of nitrogens with two attached hydrogens (primary N) is 1. The average Bonchev–Trinajstić information content (AvgIpc) is 2.97. The first-order chi connectivity index (χ1) is 9.15. The minimum Gasteiger partial charge on any atom is -0.493 e. The quantitative estimate of drug-likeness (QED) is 0.822. The molecule has 1 aromatic carbocycles. The molecule has 0 aliphatic carbocycles. The third-order valence-electron chi connectivity index (χ3n) is 3.25. The average molecular weight is 403 g/mol. The summed E-state index contributed by atoms with van der Waals surface area (Å²) in [6.07, 6.45) is 1.78. The number of ether oxygens (including phenoxy) is 1. The largest absolute Gasteiger partial charge is 0.493 e. The van der Waals surface area contributed by atoms with Crippen LogP contribution in [0.2, 0.25) is 0 Å². The third-order valence-corrected chi connectivity index (χ3v) is 5.71. The Hall–Kier alpha value is -0.360. The van der Waals surface area contributed by atoms with Crippen LogP contribution in [0, 0.1) is 0 Å². The van der Waals surface area contributed by atoms with E-state index in [1.807, 2.05) is 6.07 Å². The smallest absolute Gasteiger partial charge is 0.125 e. The van der Waals surface area contributed by atoms with Crippen LogP contribution in [0.4, 0.5) is 0 Å². The van der Waals surface area contributed by atoms with Crippen molar-refractivity contribution in [2.45, 2.75) is 18.9 Å². The van der Waals surface area contributed by atoms with Gasteiger partial charge < -0.3 is 10.5 Å². The van der Waals surface area contributed by atoms with Crippen molar-refractivity contribution in [3.05, 3.63) is 48.5 Å². The molecule has 0 spiro atoms. The number of benzene rings is 1. The van der Waals surface area contributed by atoms with Crippen molar-refractivity contribution >= 4 is 43.2 Å². The van der Waals surface area contributed by atoms with Crippen LogP contribution in [0.5, 0.6) is 5.75 Å². The van der Waals surface area contributed by atoms with E-state index in [1.54, 1.807) is 11.3 Å². The van der Waals surface area contributed by atoms with Gasteiger partial charge in [0.15, 0.2) is 0 Å². The second kappa shape index (κ2) is 5.56. The normalized spacial score (nSPS) is 15.1. The lowest BCUT2D eigenvalue weighted by Crippen LogP contribution is -2.13. The van der Waals surface area contributed by atoms with Gasteiger partial charge in [0.05, 0.1) is 6.61 Å². The highest BCUT2D eigenvalue weighted by atomic mass is 79.9. The van der Waals surface area contributed by atoms with Crippen LogP contribution in [-0.2, 0) is 12.8 Å². The predicted octanol–water partition coefficient (Wildman–Crippen LogP) is 4.45. The van der Waals surface area contributed by atoms with Crippen molar-refractivity contribution in [2.75, 3.05) is 6.61 Å². The SMILES string of the molecule is NC(Cc1cc(Br)cc2c1OCC2)c1sccc1Br. The van der Waals surface area contributed by atoms with Gasteiger partial charge in [-0.1, -0.05) is 15.9 Å². The molecule has 0 bridgehead atoms. The Kier molecular flexibility index (Phi) is 3.98. The minimum absolute atomic E-state index is 0.00280. The molecule has 1 aliphatic heterocycles. The molecule has 1 atom stereocenters. The molecule has 2 nitrogen and oxygen atoms in total. The van der Waals surface area contributed by atoms with Gasteiger partial charge in [-0.15, -0.1) is 11.3 Å². The lowest BCUT2D eigenvalue weighted by Gasteiger charge is -2.14. The molecule has 2 aromatic rings. The zero-order valence-electron chi connectivity index (χ0n) is 10.2. The number of hydrogen-bond donors (Lipinski definition) is 1. The molecular weight excluding hydrogens is 390 g/mol. The maximum absolute atomic E-state index is 6.33. The van der Waals surface area contributed by atoms with Gasteiger partial charge in [-0.25, -0.2) is 0 Å². The van der Waals surface area contributed by atoms with Gasteiger partial charge in [-0.3, -0.25) is 0 Å². The Bertz CT molecular complexity index is 611. The Morgan fingerprint density at radius 3 is 2.95 bits per heavy atom. The second-order valence-corrected chi connectivity index (χ2v) is 7.31.